The minimum atomic E-state index is -0.311. The number of hydrogen-bond donors (Lipinski definition) is 0. The van der Waals surface area contributed by atoms with Crippen molar-refractivity contribution in [3.8, 4) is 11.8 Å². The van der Waals surface area contributed by atoms with Gasteiger partial charge in [0, 0.05) is 17.6 Å². The number of allylic oxidation sites excluding steroid dienone is 1. The first kappa shape index (κ1) is 14.8. The number of benzene rings is 2. The summed E-state index contributed by atoms with van der Waals surface area (Å²) < 4.78 is 15.1. The lowest BCUT2D eigenvalue weighted by atomic mass is 10.1. The first-order valence-corrected chi connectivity index (χ1v) is 7.29. The van der Waals surface area contributed by atoms with Crippen molar-refractivity contribution >= 4 is 11.6 Å². The highest BCUT2D eigenvalue weighted by molar-refractivity contribution is 5.89. The van der Waals surface area contributed by atoms with Gasteiger partial charge in [-0.05, 0) is 55.0 Å². The molecule has 3 aromatic rings. The summed E-state index contributed by atoms with van der Waals surface area (Å²) in [6.45, 7) is 2.04. The predicted molar refractivity (Wildman–Crippen MR) is 90.4 cm³/mol. The van der Waals surface area contributed by atoms with Crippen LogP contribution in [0.2, 0.25) is 0 Å². The molecule has 0 aliphatic heterocycles. The summed E-state index contributed by atoms with van der Waals surface area (Å²) in [6, 6.07) is 20.2. The number of nitrogens with zero attached hydrogens (tertiary/aromatic N) is 2. The number of aromatic nitrogens is 1. The van der Waals surface area contributed by atoms with Crippen molar-refractivity contribution in [3.05, 3.63) is 89.5 Å². The van der Waals surface area contributed by atoms with Crippen molar-refractivity contribution < 1.29 is 4.39 Å². The monoisotopic (exact) mass is 302 g/mol. The molecule has 0 bridgehead atoms. The third kappa shape index (κ3) is 3.22. The maximum atomic E-state index is 13.0. The fraction of sp³-hybridized carbons (Fsp3) is 0.0500. The highest BCUT2D eigenvalue weighted by Gasteiger charge is 2.05. The summed E-state index contributed by atoms with van der Waals surface area (Å²) in [6.07, 6.45) is 3.77. The van der Waals surface area contributed by atoms with E-state index in [0.717, 1.165) is 11.4 Å². The van der Waals surface area contributed by atoms with Gasteiger partial charge >= 0.3 is 0 Å². The van der Waals surface area contributed by atoms with E-state index in [-0.39, 0.29) is 5.82 Å². The van der Waals surface area contributed by atoms with E-state index in [0.29, 0.717) is 11.1 Å². The van der Waals surface area contributed by atoms with E-state index < -0.39 is 0 Å². The zero-order valence-corrected chi connectivity index (χ0v) is 12.7. The number of hydrogen-bond acceptors (Lipinski definition) is 1. The quantitative estimate of drug-likeness (QED) is 0.627. The van der Waals surface area contributed by atoms with Crippen LogP contribution in [0.25, 0.3) is 17.3 Å². The third-order valence-corrected chi connectivity index (χ3v) is 3.66. The Morgan fingerprint density at radius 1 is 1.04 bits per heavy atom. The molecule has 1 heterocycles. The molecule has 0 unspecified atom stereocenters. The summed E-state index contributed by atoms with van der Waals surface area (Å²) >= 11 is 0. The zero-order chi connectivity index (χ0) is 16.2. The Bertz CT molecular complexity index is 879. The third-order valence-electron chi connectivity index (χ3n) is 3.66. The lowest BCUT2D eigenvalue weighted by Gasteiger charge is -2.08. The predicted octanol–water partition coefficient (Wildman–Crippen LogP) is 4.99. The van der Waals surface area contributed by atoms with E-state index in [1.165, 1.54) is 17.7 Å². The summed E-state index contributed by atoms with van der Waals surface area (Å²) in [4.78, 5) is 0. The van der Waals surface area contributed by atoms with E-state index in [1.54, 1.807) is 12.1 Å². The van der Waals surface area contributed by atoms with Gasteiger partial charge in [0.15, 0.2) is 0 Å². The van der Waals surface area contributed by atoms with Crippen LogP contribution in [-0.4, -0.2) is 4.57 Å². The molecule has 0 aliphatic carbocycles. The standard InChI is InChI=1S/C20H15FN2/c1-15-4-10-19(11-5-15)23-12-2-3-20(23)13-17(14-22)16-6-8-18(21)9-7-16/h2-13H,1H3. The highest BCUT2D eigenvalue weighted by Crippen LogP contribution is 2.21. The Balaban J connectivity index is 2.02. The Morgan fingerprint density at radius 3 is 2.39 bits per heavy atom. The van der Waals surface area contributed by atoms with E-state index in [1.807, 2.05) is 60.2 Å². The van der Waals surface area contributed by atoms with Crippen molar-refractivity contribution in [2.24, 2.45) is 0 Å². The van der Waals surface area contributed by atoms with Crippen molar-refractivity contribution in [3.63, 3.8) is 0 Å². The largest absolute Gasteiger partial charge is 0.317 e. The molecule has 0 N–H and O–H groups in total. The van der Waals surface area contributed by atoms with E-state index in [9.17, 15) is 9.65 Å². The van der Waals surface area contributed by atoms with Crippen LogP contribution in [0.15, 0.2) is 66.9 Å². The molecule has 0 radical (unpaired) electrons. The lowest BCUT2D eigenvalue weighted by Crippen LogP contribution is -1.95. The number of halogens is 1. The highest BCUT2D eigenvalue weighted by atomic mass is 19.1. The average Bonchev–Trinajstić information content (AvgIpc) is 3.02. The van der Waals surface area contributed by atoms with Crippen molar-refractivity contribution in [1.82, 2.24) is 4.57 Å². The molecule has 2 nitrogen and oxygen atoms in total. The zero-order valence-electron chi connectivity index (χ0n) is 12.7. The molecule has 3 rings (SSSR count). The Labute approximate surface area is 134 Å². The van der Waals surface area contributed by atoms with Gasteiger partial charge in [-0.1, -0.05) is 29.8 Å². The normalized spacial score (nSPS) is 11.3. The number of nitriles is 1. The average molecular weight is 302 g/mol. The molecule has 0 fully saturated rings. The van der Waals surface area contributed by atoms with Gasteiger partial charge in [-0.25, -0.2) is 4.39 Å². The smallest absolute Gasteiger partial charge is 0.123 e. The lowest BCUT2D eigenvalue weighted by molar-refractivity contribution is 0.627. The Hall–Kier alpha value is -3.12. The van der Waals surface area contributed by atoms with Crippen LogP contribution in [-0.2, 0) is 0 Å². The molecular formula is C20H15FN2. The Kier molecular flexibility index (Phi) is 4.07. The molecule has 2 aromatic carbocycles. The van der Waals surface area contributed by atoms with E-state index >= 15 is 0 Å². The minimum absolute atomic E-state index is 0.311. The van der Waals surface area contributed by atoms with Gasteiger partial charge < -0.3 is 4.57 Å². The second-order valence-corrected chi connectivity index (χ2v) is 5.32. The Morgan fingerprint density at radius 2 is 1.74 bits per heavy atom. The number of aryl methyl sites for hydroxylation is 1. The molecule has 0 amide bonds. The second-order valence-electron chi connectivity index (χ2n) is 5.32. The van der Waals surface area contributed by atoms with Gasteiger partial charge in [-0.15, -0.1) is 0 Å². The van der Waals surface area contributed by atoms with Gasteiger partial charge in [0.1, 0.15) is 5.82 Å². The van der Waals surface area contributed by atoms with E-state index in [4.69, 9.17) is 0 Å². The van der Waals surface area contributed by atoms with Gasteiger partial charge in [0.05, 0.1) is 11.6 Å². The summed E-state index contributed by atoms with van der Waals surface area (Å²) in [5.41, 5.74) is 4.32. The molecule has 0 spiro atoms. The molecule has 0 aliphatic rings. The van der Waals surface area contributed by atoms with Crippen molar-refractivity contribution in [2.45, 2.75) is 6.92 Å². The van der Waals surface area contributed by atoms with Gasteiger partial charge in [0.2, 0.25) is 0 Å². The van der Waals surface area contributed by atoms with Crippen LogP contribution in [0.5, 0.6) is 0 Å². The summed E-state index contributed by atoms with van der Waals surface area (Å²) in [7, 11) is 0. The SMILES string of the molecule is Cc1ccc(-n2cccc2C=C(C#N)c2ccc(F)cc2)cc1. The van der Waals surface area contributed by atoms with Gasteiger partial charge in [0.25, 0.3) is 0 Å². The maximum Gasteiger partial charge on any atom is 0.123 e. The van der Waals surface area contributed by atoms with Crippen LogP contribution >= 0.6 is 0 Å². The van der Waals surface area contributed by atoms with Gasteiger partial charge in [-0.3, -0.25) is 0 Å². The maximum absolute atomic E-state index is 13.0. The molecule has 112 valence electrons. The summed E-state index contributed by atoms with van der Waals surface area (Å²) in [5.74, 6) is -0.311. The second kappa shape index (κ2) is 6.33. The van der Waals surface area contributed by atoms with Crippen LogP contribution in [0.1, 0.15) is 16.8 Å². The fourth-order valence-corrected chi connectivity index (χ4v) is 2.41. The summed E-state index contributed by atoms with van der Waals surface area (Å²) in [5, 5.41) is 9.42. The van der Waals surface area contributed by atoms with E-state index in [2.05, 4.69) is 6.07 Å². The van der Waals surface area contributed by atoms with Crippen LogP contribution in [0.3, 0.4) is 0 Å². The van der Waals surface area contributed by atoms with Crippen LogP contribution in [0.4, 0.5) is 4.39 Å². The molecule has 0 saturated carbocycles. The van der Waals surface area contributed by atoms with Crippen LogP contribution in [0, 0.1) is 24.1 Å². The molecule has 0 saturated heterocycles. The first-order valence-electron chi connectivity index (χ1n) is 7.29. The fourth-order valence-electron chi connectivity index (χ4n) is 2.41. The molecule has 1 aromatic heterocycles. The van der Waals surface area contributed by atoms with Crippen LogP contribution < -0.4 is 0 Å². The van der Waals surface area contributed by atoms with Gasteiger partial charge in [-0.2, -0.15) is 5.26 Å². The molecule has 3 heteroatoms. The van der Waals surface area contributed by atoms with Crippen molar-refractivity contribution in [1.29, 1.82) is 5.26 Å². The molecule has 0 atom stereocenters. The first-order chi connectivity index (χ1) is 11.2. The molecule has 23 heavy (non-hydrogen) atoms. The minimum Gasteiger partial charge on any atom is -0.317 e. The van der Waals surface area contributed by atoms with Crippen molar-refractivity contribution in [2.75, 3.05) is 0 Å². The number of rotatable bonds is 3. The molecular weight excluding hydrogens is 287 g/mol. The topological polar surface area (TPSA) is 28.7 Å².